The van der Waals surface area contributed by atoms with Gasteiger partial charge in [0.15, 0.2) is 0 Å². The molecule has 2 heterocycles. The number of carbonyl (C=O) groups is 1. The molecule has 0 aromatic heterocycles. The molecule has 2 heteroatoms. The Hall–Kier alpha value is -2.87. The zero-order chi connectivity index (χ0) is 17.4. The molecule has 3 atom stereocenters. The van der Waals surface area contributed by atoms with Crippen LogP contribution < -0.4 is 4.90 Å². The summed E-state index contributed by atoms with van der Waals surface area (Å²) in [6.45, 7) is 2.14. The molecule has 0 bridgehead atoms. The monoisotopic (exact) mass is 337 g/mol. The Labute approximate surface area is 153 Å². The van der Waals surface area contributed by atoms with Crippen LogP contribution in [0.3, 0.4) is 0 Å². The highest BCUT2D eigenvalue weighted by molar-refractivity contribution is 6.12. The zero-order valence-electron chi connectivity index (χ0n) is 14.6. The highest BCUT2D eigenvalue weighted by atomic mass is 16.2. The van der Waals surface area contributed by atoms with Gasteiger partial charge < -0.3 is 4.90 Å². The topological polar surface area (TPSA) is 20.3 Å². The number of carbonyl (C=O) groups excluding carboxylic acids is 1. The van der Waals surface area contributed by atoms with Gasteiger partial charge in [0.25, 0.3) is 5.91 Å². The van der Waals surface area contributed by atoms with E-state index in [1.165, 1.54) is 27.8 Å². The minimum Gasteiger partial charge on any atom is -0.300 e. The van der Waals surface area contributed by atoms with Crippen molar-refractivity contribution in [3.05, 3.63) is 100 Å². The molecule has 3 aliphatic rings. The van der Waals surface area contributed by atoms with Crippen LogP contribution in [-0.4, -0.2) is 5.91 Å². The average Bonchev–Trinajstić information content (AvgIpc) is 3.19. The molecule has 0 unspecified atom stereocenters. The lowest BCUT2D eigenvalue weighted by Gasteiger charge is -2.41. The maximum Gasteiger partial charge on any atom is 0.259 e. The molecule has 0 N–H and O–H groups in total. The van der Waals surface area contributed by atoms with Crippen LogP contribution in [0, 0.1) is 12.8 Å². The van der Waals surface area contributed by atoms with E-state index in [1.54, 1.807) is 0 Å². The van der Waals surface area contributed by atoms with E-state index in [2.05, 4.69) is 66.4 Å². The molecular formula is C24H19NO. The molecule has 0 spiro atoms. The van der Waals surface area contributed by atoms with Crippen molar-refractivity contribution < 1.29 is 4.79 Å². The van der Waals surface area contributed by atoms with Gasteiger partial charge in [-0.1, -0.05) is 60.2 Å². The fourth-order valence-corrected chi connectivity index (χ4v) is 5.49. The maximum atomic E-state index is 13.3. The van der Waals surface area contributed by atoms with E-state index in [9.17, 15) is 4.79 Å². The summed E-state index contributed by atoms with van der Waals surface area (Å²) in [5.74, 6) is 0.945. The third-order valence-electron chi connectivity index (χ3n) is 6.46. The molecule has 3 aromatic rings. The molecule has 126 valence electrons. The SMILES string of the molecule is Cc1ccc2c(c1)[C@@H]1c3ccccc3C[C@@H]1[C@H]1c3ccccc3C(=O)N21. The lowest BCUT2D eigenvalue weighted by atomic mass is 9.75. The molecule has 2 nitrogen and oxygen atoms in total. The summed E-state index contributed by atoms with van der Waals surface area (Å²) >= 11 is 0. The predicted octanol–water partition coefficient (Wildman–Crippen LogP) is 5.01. The highest BCUT2D eigenvalue weighted by Crippen LogP contribution is 2.59. The van der Waals surface area contributed by atoms with Crippen LogP contribution in [0.15, 0.2) is 66.7 Å². The van der Waals surface area contributed by atoms with Gasteiger partial charge in [0.2, 0.25) is 0 Å². The van der Waals surface area contributed by atoms with Crippen molar-refractivity contribution in [2.45, 2.75) is 25.3 Å². The Balaban J connectivity index is 1.66. The van der Waals surface area contributed by atoms with Gasteiger partial charge in [-0.25, -0.2) is 0 Å². The van der Waals surface area contributed by atoms with Crippen molar-refractivity contribution in [1.29, 1.82) is 0 Å². The molecule has 26 heavy (non-hydrogen) atoms. The lowest BCUT2D eigenvalue weighted by molar-refractivity contribution is 0.0981. The van der Waals surface area contributed by atoms with E-state index < -0.39 is 0 Å². The molecule has 6 rings (SSSR count). The first-order valence-corrected chi connectivity index (χ1v) is 9.35. The van der Waals surface area contributed by atoms with Gasteiger partial charge in [-0.3, -0.25) is 4.79 Å². The number of hydrogen-bond donors (Lipinski definition) is 0. The van der Waals surface area contributed by atoms with Gasteiger partial charge in [0.05, 0.1) is 6.04 Å². The molecular weight excluding hydrogens is 318 g/mol. The van der Waals surface area contributed by atoms with Gasteiger partial charge in [-0.2, -0.15) is 0 Å². The second kappa shape index (κ2) is 4.85. The Morgan fingerprint density at radius 2 is 1.65 bits per heavy atom. The zero-order valence-corrected chi connectivity index (χ0v) is 14.6. The third-order valence-corrected chi connectivity index (χ3v) is 6.46. The van der Waals surface area contributed by atoms with Gasteiger partial charge in [0, 0.05) is 17.2 Å². The molecule has 3 aromatic carbocycles. The number of hydrogen-bond acceptors (Lipinski definition) is 1. The Bertz CT molecular complexity index is 1080. The van der Waals surface area contributed by atoms with Gasteiger partial charge >= 0.3 is 0 Å². The second-order valence-corrected chi connectivity index (χ2v) is 7.81. The van der Waals surface area contributed by atoms with E-state index in [0.29, 0.717) is 11.8 Å². The average molecular weight is 337 g/mol. The van der Waals surface area contributed by atoms with E-state index in [-0.39, 0.29) is 11.9 Å². The van der Waals surface area contributed by atoms with Crippen LogP contribution in [0.1, 0.15) is 50.1 Å². The number of rotatable bonds is 0. The number of amides is 1. The number of aryl methyl sites for hydroxylation is 1. The summed E-state index contributed by atoms with van der Waals surface area (Å²) in [6.07, 6.45) is 1.04. The van der Waals surface area contributed by atoms with E-state index >= 15 is 0 Å². The van der Waals surface area contributed by atoms with Crippen molar-refractivity contribution in [3.63, 3.8) is 0 Å². The third kappa shape index (κ3) is 1.65. The number of anilines is 1. The van der Waals surface area contributed by atoms with Gasteiger partial charge in [-0.15, -0.1) is 0 Å². The van der Waals surface area contributed by atoms with Crippen molar-refractivity contribution in [3.8, 4) is 0 Å². The molecule has 0 saturated heterocycles. The molecule has 2 aliphatic heterocycles. The number of fused-ring (bicyclic) bond motifs is 10. The summed E-state index contributed by atoms with van der Waals surface area (Å²) in [5, 5.41) is 0. The van der Waals surface area contributed by atoms with Crippen molar-refractivity contribution in [1.82, 2.24) is 0 Å². The Morgan fingerprint density at radius 1 is 0.885 bits per heavy atom. The molecule has 0 saturated carbocycles. The quantitative estimate of drug-likeness (QED) is 0.564. The fraction of sp³-hybridized carbons (Fsp3) is 0.208. The summed E-state index contributed by atoms with van der Waals surface area (Å²) in [5.41, 5.74) is 8.63. The van der Waals surface area contributed by atoms with Crippen LogP contribution in [0.5, 0.6) is 0 Å². The largest absolute Gasteiger partial charge is 0.300 e. The first-order chi connectivity index (χ1) is 12.7. The predicted molar refractivity (Wildman–Crippen MR) is 103 cm³/mol. The van der Waals surface area contributed by atoms with Crippen LogP contribution in [-0.2, 0) is 6.42 Å². The summed E-state index contributed by atoms with van der Waals surface area (Å²) in [7, 11) is 0. The van der Waals surface area contributed by atoms with Crippen molar-refractivity contribution in [2.24, 2.45) is 5.92 Å². The molecule has 0 fully saturated rings. The van der Waals surface area contributed by atoms with Crippen LogP contribution in [0.25, 0.3) is 0 Å². The van der Waals surface area contributed by atoms with Crippen molar-refractivity contribution in [2.75, 3.05) is 4.90 Å². The van der Waals surface area contributed by atoms with E-state index in [1.807, 2.05) is 12.1 Å². The summed E-state index contributed by atoms with van der Waals surface area (Å²) < 4.78 is 0. The minimum atomic E-state index is 0.145. The number of benzene rings is 3. The Morgan fingerprint density at radius 3 is 2.54 bits per heavy atom. The van der Waals surface area contributed by atoms with Crippen LogP contribution in [0.4, 0.5) is 5.69 Å². The summed E-state index contributed by atoms with van der Waals surface area (Å²) in [6, 6.07) is 23.7. The van der Waals surface area contributed by atoms with E-state index in [4.69, 9.17) is 0 Å². The summed E-state index contributed by atoms with van der Waals surface area (Å²) in [4.78, 5) is 15.3. The smallest absolute Gasteiger partial charge is 0.259 e. The van der Waals surface area contributed by atoms with E-state index in [0.717, 1.165) is 17.7 Å². The van der Waals surface area contributed by atoms with Crippen LogP contribution >= 0.6 is 0 Å². The maximum absolute atomic E-state index is 13.3. The first kappa shape index (κ1) is 14.3. The molecule has 1 aliphatic carbocycles. The van der Waals surface area contributed by atoms with Gasteiger partial charge in [-0.05, 0) is 53.6 Å². The fourth-order valence-electron chi connectivity index (χ4n) is 5.49. The second-order valence-electron chi connectivity index (χ2n) is 7.81. The van der Waals surface area contributed by atoms with Crippen LogP contribution in [0.2, 0.25) is 0 Å². The highest BCUT2D eigenvalue weighted by Gasteiger charge is 2.52. The van der Waals surface area contributed by atoms with Gasteiger partial charge in [0.1, 0.15) is 0 Å². The standard InChI is InChI=1S/C24H19NO/c1-14-10-11-21-19(12-14)22-16-7-3-2-6-15(16)13-20(22)23-17-8-4-5-9-18(17)24(26)25(21)23/h2-12,20,22-23H,13H2,1H3/t20-,22-,23+/m0/s1. The molecule has 1 amide bonds. The minimum absolute atomic E-state index is 0.145. The first-order valence-electron chi connectivity index (χ1n) is 9.35. The number of nitrogens with zero attached hydrogens (tertiary/aromatic N) is 1. The Kier molecular flexibility index (Phi) is 2.67. The lowest BCUT2D eigenvalue weighted by Crippen LogP contribution is -2.39. The molecule has 0 radical (unpaired) electrons. The normalized spacial score (nSPS) is 24.6. The van der Waals surface area contributed by atoms with Crippen molar-refractivity contribution >= 4 is 11.6 Å².